The van der Waals surface area contributed by atoms with Gasteiger partial charge in [-0.25, -0.2) is 15.0 Å². The van der Waals surface area contributed by atoms with Crippen LogP contribution in [0.5, 0.6) is 0 Å². The highest BCUT2D eigenvalue weighted by atomic mass is 19.4. The third-order valence-corrected chi connectivity index (χ3v) is 5.40. The molecule has 3 aromatic rings. The van der Waals surface area contributed by atoms with Gasteiger partial charge in [-0.3, -0.25) is 0 Å². The van der Waals surface area contributed by atoms with Gasteiger partial charge in [-0.1, -0.05) is 0 Å². The number of hydrogen-bond donors (Lipinski definition) is 3. The zero-order valence-electron chi connectivity index (χ0n) is 16.8. The number of aromatic nitrogens is 4. The maximum Gasteiger partial charge on any atom is 0.433 e. The van der Waals surface area contributed by atoms with E-state index in [-0.39, 0.29) is 5.95 Å². The van der Waals surface area contributed by atoms with Crippen molar-refractivity contribution in [2.45, 2.75) is 50.5 Å². The fourth-order valence-electron chi connectivity index (χ4n) is 3.73. The lowest BCUT2D eigenvalue weighted by Gasteiger charge is -2.32. The zero-order valence-corrected chi connectivity index (χ0v) is 16.8. The number of anilines is 2. The first-order valence-corrected chi connectivity index (χ1v) is 9.87. The smallest absolute Gasteiger partial charge is 0.393 e. The summed E-state index contributed by atoms with van der Waals surface area (Å²) in [6.45, 7) is 1.86. The quantitative estimate of drug-likeness (QED) is 0.578. The lowest BCUT2D eigenvalue weighted by atomic mass is 9.81. The number of aliphatic hydroxyl groups is 2. The van der Waals surface area contributed by atoms with Crippen LogP contribution in [0.1, 0.15) is 42.6 Å². The second-order valence-corrected chi connectivity index (χ2v) is 7.87. The van der Waals surface area contributed by atoms with Crippen molar-refractivity contribution in [3.8, 4) is 5.69 Å². The Labute approximate surface area is 176 Å². The molecule has 2 heterocycles. The largest absolute Gasteiger partial charge is 0.433 e. The highest BCUT2D eigenvalue weighted by Gasteiger charge is 2.36. The molecule has 1 aliphatic rings. The average Bonchev–Trinajstić information content (AvgIpc) is 3.21. The van der Waals surface area contributed by atoms with E-state index < -0.39 is 23.6 Å². The molecule has 1 saturated carbocycles. The highest BCUT2D eigenvalue weighted by Crippen LogP contribution is 2.36. The molecule has 0 bridgehead atoms. The van der Waals surface area contributed by atoms with Gasteiger partial charge >= 0.3 is 6.18 Å². The van der Waals surface area contributed by atoms with Crippen LogP contribution >= 0.6 is 0 Å². The van der Waals surface area contributed by atoms with Crippen molar-refractivity contribution in [3.05, 3.63) is 59.9 Å². The van der Waals surface area contributed by atoms with Gasteiger partial charge in [0.15, 0.2) is 0 Å². The van der Waals surface area contributed by atoms with Gasteiger partial charge in [-0.05, 0) is 62.4 Å². The Balaban J connectivity index is 1.59. The molecule has 1 aromatic carbocycles. The van der Waals surface area contributed by atoms with Crippen LogP contribution < -0.4 is 5.32 Å². The second kappa shape index (κ2) is 7.93. The number of imidazole rings is 1. The normalized spacial score (nSPS) is 21.8. The number of aryl methyl sites for hydroxylation is 1. The van der Waals surface area contributed by atoms with E-state index in [1.54, 1.807) is 29.2 Å². The molecule has 7 nitrogen and oxygen atoms in total. The Morgan fingerprint density at radius 1 is 1.16 bits per heavy atom. The molecule has 1 aliphatic carbocycles. The van der Waals surface area contributed by atoms with Gasteiger partial charge < -0.3 is 20.1 Å². The number of hydrogen-bond acceptors (Lipinski definition) is 6. The third kappa shape index (κ3) is 4.70. The predicted octanol–water partition coefficient (Wildman–Crippen LogP) is 3.86. The summed E-state index contributed by atoms with van der Waals surface area (Å²) in [4.78, 5) is 11.8. The van der Waals surface area contributed by atoms with Crippen molar-refractivity contribution in [1.82, 2.24) is 19.5 Å². The summed E-state index contributed by atoms with van der Waals surface area (Å²) in [6.07, 6.45) is 1.30. The van der Waals surface area contributed by atoms with Crippen molar-refractivity contribution in [2.75, 3.05) is 5.32 Å². The van der Waals surface area contributed by atoms with Gasteiger partial charge in [0.1, 0.15) is 11.3 Å². The van der Waals surface area contributed by atoms with E-state index in [4.69, 9.17) is 0 Å². The first-order valence-electron chi connectivity index (χ1n) is 9.87. The molecule has 0 unspecified atom stereocenters. The van der Waals surface area contributed by atoms with E-state index in [1.807, 2.05) is 13.0 Å². The van der Waals surface area contributed by atoms with Crippen LogP contribution in [0.4, 0.5) is 24.8 Å². The zero-order chi connectivity index (χ0) is 22.2. The molecule has 0 radical (unpaired) electrons. The summed E-state index contributed by atoms with van der Waals surface area (Å²) in [7, 11) is 0. The fraction of sp³-hybridized carbons (Fsp3) is 0.381. The maximum absolute atomic E-state index is 12.9. The predicted molar refractivity (Wildman–Crippen MR) is 107 cm³/mol. The number of alkyl halides is 3. The van der Waals surface area contributed by atoms with Crippen molar-refractivity contribution in [3.63, 3.8) is 0 Å². The van der Waals surface area contributed by atoms with Gasteiger partial charge in [0.25, 0.3) is 0 Å². The number of nitrogens with one attached hydrogen (secondary N) is 1. The molecule has 10 heteroatoms. The van der Waals surface area contributed by atoms with E-state index in [1.165, 1.54) is 0 Å². The van der Waals surface area contributed by atoms with Gasteiger partial charge in [-0.15, -0.1) is 0 Å². The first-order chi connectivity index (χ1) is 14.6. The summed E-state index contributed by atoms with van der Waals surface area (Å²) >= 11 is 0. The number of halogens is 3. The molecule has 3 N–H and O–H groups in total. The lowest BCUT2D eigenvalue weighted by Crippen LogP contribution is -2.33. The Morgan fingerprint density at radius 2 is 1.90 bits per heavy atom. The molecule has 0 amide bonds. The highest BCUT2D eigenvalue weighted by molar-refractivity contribution is 5.59. The Bertz CT molecular complexity index is 1070. The molecule has 2 aromatic heterocycles. The molecular weight excluding hydrogens is 411 g/mol. The molecule has 0 saturated heterocycles. The van der Waals surface area contributed by atoms with Crippen LogP contribution in [0.25, 0.3) is 5.69 Å². The minimum Gasteiger partial charge on any atom is -0.393 e. The monoisotopic (exact) mass is 433 g/mol. The summed E-state index contributed by atoms with van der Waals surface area (Å²) in [5.41, 5.74) is 0.513. The third-order valence-electron chi connectivity index (χ3n) is 5.40. The second-order valence-electron chi connectivity index (χ2n) is 7.87. The maximum atomic E-state index is 12.9. The molecule has 4 rings (SSSR count). The van der Waals surface area contributed by atoms with Gasteiger partial charge in [0, 0.05) is 23.8 Å². The molecule has 31 heavy (non-hydrogen) atoms. The van der Waals surface area contributed by atoms with E-state index in [0.29, 0.717) is 42.8 Å². The van der Waals surface area contributed by atoms with Crippen LogP contribution in [0.2, 0.25) is 0 Å². The van der Waals surface area contributed by atoms with Gasteiger partial charge in [-0.2, -0.15) is 13.2 Å². The molecule has 0 atom stereocenters. The SMILES string of the molecule is Cc1cc(Nc2nccc(C(F)(F)F)n2)cc(-n2cnc([C@]3(O)CC[C@@H](O)CC3)c2)c1. The number of nitrogens with zero attached hydrogens (tertiary/aromatic N) is 4. The van der Waals surface area contributed by atoms with E-state index in [9.17, 15) is 23.4 Å². The summed E-state index contributed by atoms with van der Waals surface area (Å²) in [5.74, 6) is -0.159. The average molecular weight is 433 g/mol. The Morgan fingerprint density at radius 3 is 2.61 bits per heavy atom. The van der Waals surface area contributed by atoms with E-state index >= 15 is 0 Å². The van der Waals surface area contributed by atoms with Crippen LogP contribution in [-0.2, 0) is 11.8 Å². The minimum absolute atomic E-state index is 0.159. The standard InChI is InChI=1S/C21H22F3N5O2/c1-13-8-14(27-19-25-7-4-17(28-19)21(22,23)24)10-15(9-13)29-11-18(26-12-29)20(31)5-2-16(30)3-6-20/h4,7-12,16,30-31H,2-3,5-6H2,1H3,(H,25,27,28)/t16-,20+. The lowest BCUT2D eigenvalue weighted by molar-refractivity contribution is -0.141. The molecule has 164 valence electrons. The van der Waals surface area contributed by atoms with Crippen molar-refractivity contribution < 1.29 is 23.4 Å². The summed E-state index contributed by atoms with van der Waals surface area (Å²) in [6, 6.07) is 6.20. The van der Waals surface area contributed by atoms with Gasteiger partial charge in [0.05, 0.1) is 18.1 Å². The molecule has 0 aliphatic heterocycles. The summed E-state index contributed by atoms with van der Waals surface area (Å²) < 4.78 is 40.4. The van der Waals surface area contributed by atoms with Crippen LogP contribution in [-0.4, -0.2) is 35.8 Å². The topological polar surface area (TPSA) is 96.1 Å². The van der Waals surface area contributed by atoms with Gasteiger partial charge in [0.2, 0.25) is 5.95 Å². The van der Waals surface area contributed by atoms with Crippen molar-refractivity contribution in [2.24, 2.45) is 0 Å². The fourth-order valence-corrected chi connectivity index (χ4v) is 3.73. The van der Waals surface area contributed by atoms with E-state index in [2.05, 4.69) is 20.3 Å². The Hall–Kier alpha value is -2.98. The number of aliphatic hydroxyl groups excluding tert-OH is 1. The molecule has 0 spiro atoms. The molecule has 1 fully saturated rings. The first kappa shape index (κ1) is 21.3. The summed E-state index contributed by atoms with van der Waals surface area (Å²) in [5, 5.41) is 23.4. The Kier molecular flexibility index (Phi) is 5.44. The van der Waals surface area contributed by atoms with Crippen molar-refractivity contribution in [1.29, 1.82) is 0 Å². The van der Waals surface area contributed by atoms with Crippen LogP contribution in [0.3, 0.4) is 0 Å². The van der Waals surface area contributed by atoms with E-state index in [0.717, 1.165) is 17.8 Å². The van der Waals surface area contributed by atoms with Crippen LogP contribution in [0.15, 0.2) is 43.0 Å². The minimum atomic E-state index is -4.56. The molecular formula is C21H22F3N5O2. The van der Waals surface area contributed by atoms with Crippen LogP contribution in [0, 0.1) is 6.92 Å². The number of benzene rings is 1. The van der Waals surface area contributed by atoms with Crippen molar-refractivity contribution >= 4 is 11.6 Å². The number of rotatable bonds is 4.